The van der Waals surface area contributed by atoms with Crippen LogP contribution in [0.4, 0.5) is 10.1 Å². The molecular weight excluding hydrogens is 361 g/mol. The molecule has 3 rings (SSSR count). The number of benzene rings is 2. The molecule has 0 aliphatic carbocycles. The summed E-state index contributed by atoms with van der Waals surface area (Å²) in [4.78, 5) is 39.4. The summed E-state index contributed by atoms with van der Waals surface area (Å²) in [5.41, 5.74) is 1.27. The van der Waals surface area contributed by atoms with Gasteiger partial charge in [0.15, 0.2) is 0 Å². The van der Waals surface area contributed by atoms with Crippen LogP contribution in [0.25, 0.3) is 0 Å². The number of nitrogens with zero attached hydrogens (tertiary/aromatic N) is 2. The zero-order chi connectivity index (χ0) is 20.1. The maximum atomic E-state index is 13.7. The first-order chi connectivity index (χ1) is 13.5. The molecule has 7 heteroatoms. The summed E-state index contributed by atoms with van der Waals surface area (Å²) < 4.78 is 13.7. The molecule has 0 unspecified atom stereocenters. The van der Waals surface area contributed by atoms with Gasteiger partial charge in [-0.2, -0.15) is 0 Å². The van der Waals surface area contributed by atoms with Crippen LogP contribution in [0.1, 0.15) is 33.6 Å². The summed E-state index contributed by atoms with van der Waals surface area (Å²) in [7, 11) is 1.79. The molecule has 1 N–H and O–H groups in total. The van der Waals surface area contributed by atoms with E-state index in [1.807, 2.05) is 0 Å². The molecule has 2 aromatic carbocycles. The van der Waals surface area contributed by atoms with E-state index >= 15 is 0 Å². The van der Waals surface area contributed by atoms with Crippen LogP contribution in [-0.2, 0) is 4.79 Å². The smallest absolute Gasteiger partial charge is 0.261 e. The Morgan fingerprint density at radius 3 is 2.29 bits per heavy atom. The van der Waals surface area contributed by atoms with Crippen LogP contribution in [0.15, 0.2) is 48.5 Å². The number of anilines is 1. The van der Waals surface area contributed by atoms with Crippen LogP contribution in [0.3, 0.4) is 0 Å². The number of hydrogen-bond acceptors (Lipinski definition) is 4. The summed E-state index contributed by atoms with van der Waals surface area (Å²) in [5, 5.41) is 2.77. The number of carbonyl (C=O) groups excluding carboxylic acids is 3. The zero-order valence-electron chi connectivity index (χ0n) is 15.7. The van der Waals surface area contributed by atoms with Crippen LogP contribution in [0.2, 0.25) is 0 Å². The Morgan fingerprint density at radius 1 is 1.04 bits per heavy atom. The second kappa shape index (κ2) is 8.65. The van der Waals surface area contributed by atoms with Gasteiger partial charge in [0.2, 0.25) is 5.91 Å². The maximum Gasteiger partial charge on any atom is 0.261 e. The number of halogens is 1. The monoisotopic (exact) mass is 383 g/mol. The minimum absolute atomic E-state index is 0.0489. The number of imide groups is 1. The van der Waals surface area contributed by atoms with Gasteiger partial charge in [0.1, 0.15) is 5.82 Å². The average molecular weight is 383 g/mol. The van der Waals surface area contributed by atoms with Gasteiger partial charge >= 0.3 is 0 Å². The van der Waals surface area contributed by atoms with Gasteiger partial charge < -0.3 is 10.2 Å². The van der Waals surface area contributed by atoms with Crippen molar-refractivity contribution in [3.63, 3.8) is 0 Å². The molecule has 146 valence electrons. The van der Waals surface area contributed by atoms with Gasteiger partial charge in [0.25, 0.3) is 11.8 Å². The molecule has 2 aromatic rings. The summed E-state index contributed by atoms with van der Waals surface area (Å²) in [6.45, 7) is 1.06. The molecule has 0 fully saturated rings. The molecule has 0 radical (unpaired) electrons. The largest absolute Gasteiger partial charge is 0.372 e. The molecule has 0 saturated carbocycles. The van der Waals surface area contributed by atoms with Crippen LogP contribution in [0.5, 0.6) is 0 Å². The third-order valence-electron chi connectivity index (χ3n) is 4.70. The molecular formula is C21H22FN3O3. The Bertz CT molecular complexity index is 865. The molecule has 1 aliphatic rings. The van der Waals surface area contributed by atoms with Gasteiger partial charge in [-0.05, 0) is 30.7 Å². The third-order valence-corrected chi connectivity index (χ3v) is 4.70. The number of hydrogen-bond donors (Lipinski definition) is 1. The molecule has 0 atom stereocenters. The predicted octanol–water partition coefficient (Wildman–Crippen LogP) is 2.45. The molecule has 0 saturated heterocycles. The molecule has 3 amide bonds. The minimum Gasteiger partial charge on any atom is -0.372 e. The van der Waals surface area contributed by atoms with E-state index in [0.29, 0.717) is 36.3 Å². The Hall–Kier alpha value is -3.22. The van der Waals surface area contributed by atoms with Crippen molar-refractivity contribution in [3.05, 3.63) is 65.5 Å². The first kappa shape index (κ1) is 19.5. The van der Waals surface area contributed by atoms with Crippen molar-refractivity contribution in [2.24, 2.45) is 0 Å². The second-order valence-corrected chi connectivity index (χ2v) is 6.63. The van der Waals surface area contributed by atoms with E-state index in [1.165, 1.54) is 6.07 Å². The molecule has 6 nitrogen and oxygen atoms in total. The Kier molecular flexibility index (Phi) is 6.03. The lowest BCUT2D eigenvalue weighted by molar-refractivity contribution is -0.121. The van der Waals surface area contributed by atoms with Crippen molar-refractivity contribution in [1.82, 2.24) is 10.2 Å². The Labute approximate surface area is 162 Å². The van der Waals surface area contributed by atoms with Gasteiger partial charge in [-0.25, -0.2) is 4.39 Å². The fourth-order valence-electron chi connectivity index (χ4n) is 3.17. The maximum absolute atomic E-state index is 13.7. The summed E-state index contributed by atoms with van der Waals surface area (Å²) in [5.74, 6) is -1.24. The van der Waals surface area contributed by atoms with Crippen molar-refractivity contribution in [2.45, 2.75) is 12.8 Å². The molecule has 28 heavy (non-hydrogen) atoms. The van der Waals surface area contributed by atoms with E-state index in [9.17, 15) is 18.8 Å². The van der Waals surface area contributed by atoms with Crippen LogP contribution in [-0.4, -0.2) is 49.3 Å². The van der Waals surface area contributed by atoms with Gasteiger partial charge in [-0.1, -0.05) is 24.3 Å². The highest BCUT2D eigenvalue weighted by Crippen LogP contribution is 2.22. The number of para-hydroxylation sites is 1. The van der Waals surface area contributed by atoms with E-state index in [4.69, 9.17) is 0 Å². The summed E-state index contributed by atoms with van der Waals surface area (Å²) in [6, 6.07) is 13.2. The van der Waals surface area contributed by atoms with Crippen molar-refractivity contribution in [3.8, 4) is 0 Å². The minimum atomic E-state index is -0.361. The fourth-order valence-corrected chi connectivity index (χ4v) is 3.17. The van der Waals surface area contributed by atoms with Crippen molar-refractivity contribution in [1.29, 1.82) is 0 Å². The lowest BCUT2D eigenvalue weighted by Crippen LogP contribution is -2.35. The van der Waals surface area contributed by atoms with E-state index in [2.05, 4.69) is 5.32 Å². The SMILES string of the molecule is CN(CCCNC(=O)CCN1C(=O)c2ccccc2C1=O)c1ccccc1F. The molecule has 0 spiro atoms. The highest BCUT2D eigenvalue weighted by molar-refractivity contribution is 6.21. The Balaban J connectivity index is 1.39. The second-order valence-electron chi connectivity index (χ2n) is 6.63. The number of rotatable bonds is 8. The third kappa shape index (κ3) is 4.19. The van der Waals surface area contributed by atoms with Crippen molar-refractivity contribution < 1.29 is 18.8 Å². The molecule has 1 heterocycles. The molecule has 0 bridgehead atoms. The van der Waals surface area contributed by atoms with Gasteiger partial charge in [-0.15, -0.1) is 0 Å². The highest BCUT2D eigenvalue weighted by Gasteiger charge is 2.34. The summed E-state index contributed by atoms with van der Waals surface area (Å²) in [6.07, 6.45) is 0.693. The lowest BCUT2D eigenvalue weighted by Gasteiger charge is -2.20. The quantitative estimate of drug-likeness (QED) is 0.562. The van der Waals surface area contributed by atoms with Crippen LogP contribution < -0.4 is 10.2 Å². The Morgan fingerprint density at radius 2 is 1.64 bits per heavy atom. The van der Waals surface area contributed by atoms with E-state index in [0.717, 1.165) is 4.90 Å². The topological polar surface area (TPSA) is 69.7 Å². The number of carbonyl (C=O) groups is 3. The van der Waals surface area contributed by atoms with E-state index in [1.54, 1.807) is 54.4 Å². The first-order valence-electron chi connectivity index (χ1n) is 9.16. The van der Waals surface area contributed by atoms with E-state index < -0.39 is 0 Å². The van der Waals surface area contributed by atoms with Gasteiger partial charge in [-0.3, -0.25) is 19.3 Å². The number of fused-ring (bicyclic) bond motifs is 1. The van der Waals surface area contributed by atoms with Gasteiger partial charge in [0.05, 0.1) is 16.8 Å². The van der Waals surface area contributed by atoms with Gasteiger partial charge in [0, 0.05) is 33.1 Å². The fraction of sp³-hybridized carbons (Fsp3) is 0.286. The first-order valence-corrected chi connectivity index (χ1v) is 9.16. The summed E-state index contributed by atoms with van der Waals surface area (Å²) >= 11 is 0. The molecule has 1 aliphatic heterocycles. The number of amides is 3. The van der Waals surface area contributed by atoms with Crippen LogP contribution >= 0.6 is 0 Å². The van der Waals surface area contributed by atoms with Crippen molar-refractivity contribution >= 4 is 23.4 Å². The van der Waals surface area contributed by atoms with Crippen LogP contribution in [0, 0.1) is 5.82 Å². The average Bonchev–Trinajstić information content (AvgIpc) is 2.94. The predicted molar refractivity (Wildman–Crippen MR) is 104 cm³/mol. The lowest BCUT2D eigenvalue weighted by atomic mass is 10.1. The normalized spacial score (nSPS) is 12.9. The highest BCUT2D eigenvalue weighted by atomic mass is 19.1. The molecule has 0 aromatic heterocycles. The van der Waals surface area contributed by atoms with Crippen molar-refractivity contribution in [2.75, 3.05) is 31.6 Å². The number of nitrogens with one attached hydrogen (secondary N) is 1. The zero-order valence-corrected chi connectivity index (χ0v) is 15.7. The van der Waals surface area contributed by atoms with E-state index in [-0.39, 0.29) is 36.5 Å². The standard InChI is InChI=1S/C21H22FN3O3/c1-24(18-10-5-4-9-17(18)22)13-6-12-23-19(26)11-14-25-20(27)15-7-2-3-8-16(15)21(25)28/h2-5,7-10H,6,11-14H2,1H3,(H,23,26).